The van der Waals surface area contributed by atoms with Crippen molar-refractivity contribution in [3.63, 3.8) is 0 Å². The van der Waals surface area contributed by atoms with E-state index >= 15 is 0 Å². The molecule has 1 aliphatic carbocycles. The van der Waals surface area contributed by atoms with Crippen molar-refractivity contribution in [2.45, 2.75) is 58.4 Å². The molecule has 3 rings (SSSR count). The number of carbonyl (C=O) groups excluding carboxylic acids is 1. The lowest BCUT2D eigenvalue weighted by molar-refractivity contribution is -0.117. The Morgan fingerprint density at radius 1 is 1.14 bits per heavy atom. The van der Waals surface area contributed by atoms with Crippen molar-refractivity contribution >= 4 is 11.6 Å². The van der Waals surface area contributed by atoms with Crippen molar-refractivity contribution < 1.29 is 4.79 Å². The molecule has 0 aliphatic heterocycles. The zero-order valence-electron chi connectivity index (χ0n) is 17.3. The van der Waals surface area contributed by atoms with E-state index < -0.39 is 0 Å². The molecule has 2 N–H and O–H groups in total. The molecule has 0 saturated heterocycles. The van der Waals surface area contributed by atoms with E-state index in [1.165, 1.54) is 30.2 Å². The minimum absolute atomic E-state index is 0.0762. The van der Waals surface area contributed by atoms with E-state index in [9.17, 15) is 10.1 Å². The average Bonchev–Trinajstić information content (AvgIpc) is 2.77. The monoisotopic (exact) mass is 387 g/mol. The zero-order chi connectivity index (χ0) is 20.6. The fourth-order valence-electron chi connectivity index (χ4n) is 3.90. The zero-order valence-corrected chi connectivity index (χ0v) is 17.3. The highest BCUT2D eigenvalue weighted by molar-refractivity contribution is 5.97. The number of nitrogens with zero attached hydrogens (tertiary/aromatic N) is 1. The largest absolute Gasteiger partial charge is 0.360 e. The molecule has 29 heavy (non-hydrogen) atoms. The van der Waals surface area contributed by atoms with Gasteiger partial charge in [-0.2, -0.15) is 5.26 Å². The third kappa shape index (κ3) is 5.06. The SMILES string of the molecule is CCc1ccccc1N/C=C(/C#N)C(=O)NC(CC)c1ccc2c(c1)CCCC2. The summed E-state index contributed by atoms with van der Waals surface area (Å²) in [4.78, 5) is 12.7. The summed E-state index contributed by atoms with van der Waals surface area (Å²) in [5, 5.41) is 15.7. The first-order valence-corrected chi connectivity index (χ1v) is 10.5. The van der Waals surface area contributed by atoms with Gasteiger partial charge in [0.25, 0.3) is 5.91 Å². The summed E-state index contributed by atoms with van der Waals surface area (Å²) in [6, 6.07) is 16.4. The lowest BCUT2D eigenvalue weighted by atomic mass is 9.88. The standard InChI is InChI=1S/C25H29N3O/c1-3-18-9-7-8-12-24(18)27-17-22(16-26)25(29)28-23(4-2)21-14-13-19-10-5-6-11-20(19)15-21/h7-9,12-15,17,23,27H,3-6,10-11H2,1-2H3,(H,28,29)/b22-17-. The van der Waals surface area contributed by atoms with Crippen LogP contribution in [0.1, 0.15) is 61.4 Å². The Kier molecular flexibility index (Phi) is 7.08. The van der Waals surface area contributed by atoms with Gasteiger partial charge in [-0.25, -0.2) is 0 Å². The number of nitriles is 1. The molecule has 1 atom stereocenters. The number of amides is 1. The van der Waals surface area contributed by atoms with Gasteiger partial charge in [-0.3, -0.25) is 4.79 Å². The van der Waals surface area contributed by atoms with Gasteiger partial charge in [0.2, 0.25) is 0 Å². The van der Waals surface area contributed by atoms with Crippen molar-refractivity contribution in [1.82, 2.24) is 5.32 Å². The molecule has 1 unspecified atom stereocenters. The molecule has 2 aromatic carbocycles. The van der Waals surface area contributed by atoms with Gasteiger partial charge in [-0.05, 0) is 66.8 Å². The highest BCUT2D eigenvalue weighted by atomic mass is 16.1. The van der Waals surface area contributed by atoms with Gasteiger partial charge < -0.3 is 10.6 Å². The van der Waals surface area contributed by atoms with E-state index in [2.05, 4.69) is 42.7 Å². The van der Waals surface area contributed by atoms with Crippen molar-refractivity contribution in [1.29, 1.82) is 5.26 Å². The molecule has 4 nitrogen and oxygen atoms in total. The van der Waals surface area contributed by atoms with E-state index in [0.29, 0.717) is 0 Å². The number of para-hydroxylation sites is 1. The summed E-state index contributed by atoms with van der Waals surface area (Å²) in [5.74, 6) is -0.349. The first-order chi connectivity index (χ1) is 14.2. The van der Waals surface area contributed by atoms with Crippen LogP contribution in [-0.4, -0.2) is 5.91 Å². The third-order valence-electron chi connectivity index (χ3n) is 5.62. The van der Waals surface area contributed by atoms with Crippen molar-refractivity contribution in [2.75, 3.05) is 5.32 Å². The quantitative estimate of drug-likeness (QED) is 0.506. The molecule has 0 radical (unpaired) electrons. The molecule has 150 valence electrons. The molecule has 0 saturated carbocycles. The van der Waals surface area contributed by atoms with E-state index in [-0.39, 0.29) is 17.5 Å². The molecular weight excluding hydrogens is 358 g/mol. The molecule has 0 spiro atoms. The van der Waals surface area contributed by atoms with Gasteiger partial charge in [0.05, 0.1) is 6.04 Å². The molecule has 0 aromatic heterocycles. The second kappa shape index (κ2) is 9.93. The van der Waals surface area contributed by atoms with Gasteiger partial charge >= 0.3 is 0 Å². The predicted molar refractivity (Wildman–Crippen MR) is 117 cm³/mol. The summed E-state index contributed by atoms with van der Waals surface area (Å²) in [6.07, 6.45) is 7.89. The Balaban J connectivity index is 1.73. The second-order valence-corrected chi connectivity index (χ2v) is 7.49. The van der Waals surface area contributed by atoms with Crippen LogP contribution in [0.15, 0.2) is 54.2 Å². The summed E-state index contributed by atoms with van der Waals surface area (Å²) >= 11 is 0. The Labute approximate surface area is 173 Å². The normalized spacial score (nSPS) is 14.4. The maximum atomic E-state index is 12.7. The summed E-state index contributed by atoms with van der Waals surface area (Å²) in [7, 11) is 0. The molecule has 2 aromatic rings. The van der Waals surface area contributed by atoms with Gasteiger partial charge in [-0.1, -0.05) is 50.2 Å². The molecule has 1 amide bonds. The first-order valence-electron chi connectivity index (χ1n) is 10.5. The Morgan fingerprint density at radius 2 is 1.90 bits per heavy atom. The van der Waals surface area contributed by atoms with E-state index in [4.69, 9.17) is 0 Å². The average molecular weight is 388 g/mol. The van der Waals surface area contributed by atoms with Crippen LogP contribution in [0.25, 0.3) is 0 Å². The van der Waals surface area contributed by atoms with Crippen LogP contribution in [0, 0.1) is 11.3 Å². The van der Waals surface area contributed by atoms with Gasteiger partial charge in [0, 0.05) is 11.9 Å². The Bertz CT molecular complexity index is 939. The molecule has 4 heteroatoms. The number of benzene rings is 2. The fraction of sp³-hybridized carbons (Fsp3) is 0.360. The van der Waals surface area contributed by atoms with Crippen LogP contribution in [0.5, 0.6) is 0 Å². The van der Waals surface area contributed by atoms with Gasteiger partial charge in [0.15, 0.2) is 0 Å². The van der Waals surface area contributed by atoms with Crippen LogP contribution in [0.3, 0.4) is 0 Å². The third-order valence-corrected chi connectivity index (χ3v) is 5.62. The number of aryl methyl sites for hydroxylation is 3. The highest BCUT2D eigenvalue weighted by Gasteiger charge is 2.18. The van der Waals surface area contributed by atoms with Crippen molar-refractivity contribution in [3.8, 4) is 6.07 Å². The molecule has 0 heterocycles. The van der Waals surface area contributed by atoms with Crippen LogP contribution >= 0.6 is 0 Å². The fourth-order valence-corrected chi connectivity index (χ4v) is 3.90. The maximum absolute atomic E-state index is 12.7. The Hall–Kier alpha value is -3.06. The molecule has 1 aliphatic rings. The van der Waals surface area contributed by atoms with Crippen LogP contribution in [0.4, 0.5) is 5.69 Å². The van der Waals surface area contributed by atoms with Crippen molar-refractivity contribution in [2.24, 2.45) is 0 Å². The highest BCUT2D eigenvalue weighted by Crippen LogP contribution is 2.26. The lowest BCUT2D eigenvalue weighted by Crippen LogP contribution is -2.29. The van der Waals surface area contributed by atoms with Crippen LogP contribution in [0.2, 0.25) is 0 Å². The predicted octanol–water partition coefficient (Wildman–Crippen LogP) is 5.21. The number of carbonyl (C=O) groups is 1. The smallest absolute Gasteiger partial charge is 0.263 e. The van der Waals surface area contributed by atoms with Crippen LogP contribution < -0.4 is 10.6 Å². The second-order valence-electron chi connectivity index (χ2n) is 7.49. The molecular formula is C25H29N3O. The molecule has 0 fully saturated rings. The van der Waals surface area contributed by atoms with Crippen molar-refractivity contribution in [3.05, 3.63) is 76.5 Å². The van der Waals surface area contributed by atoms with Gasteiger partial charge in [-0.15, -0.1) is 0 Å². The number of anilines is 1. The summed E-state index contributed by atoms with van der Waals surface area (Å²) < 4.78 is 0. The van der Waals surface area contributed by atoms with E-state index in [1.807, 2.05) is 30.3 Å². The topological polar surface area (TPSA) is 64.9 Å². The summed E-state index contributed by atoms with van der Waals surface area (Å²) in [5.41, 5.74) is 6.07. The molecule has 0 bridgehead atoms. The number of rotatable bonds is 7. The Morgan fingerprint density at radius 3 is 2.62 bits per heavy atom. The number of nitrogens with one attached hydrogen (secondary N) is 2. The minimum Gasteiger partial charge on any atom is -0.360 e. The minimum atomic E-state index is -0.349. The summed E-state index contributed by atoms with van der Waals surface area (Å²) in [6.45, 7) is 4.13. The van der Waals surface area contributed by atoms with E-state index in [1.54, 1.807) is 0 Å². The van der Waals surface area contributed by atoms with Crippen LogP contribution in [-0.2, 0) is 24.1 Å². The number of hydrogen-bond donors (Lipinski definition) is 2. The maximum Gasteiger partial charge on any atom is 0.263 e. The number of fused-ring (bicyclic) bond motifs is 1. The number of hydrogen-bond acceptors (Lipinski definition) is 3. The first kappa shape index (κ1) is 20.7. The van der Waals surface area contributed by atoms with Gasteiger partial charge in [0.1, 0.15) is 11.6 Å². The lowest BCUT2D eigenvalue weighted by Gasteiger charge is -2.21. The van der Waals surface area contributed by atoms with E-state index in [0.717, 1.165) is 42.5 Å².